The van der Waals surface area contributed by atoms with Gasteiger partial charge in [0.25, 0.3) is 5.91 Å². The van der Waals surface area contributed by atoms with Crippen molar-refractivity contribution in [3.05, 3.63) is 35.4 Å². The lowest BCUT2D eigenvalue weighted by Crippen LogP contribution is -2.45. The molecule has 120 valence electrons. The van der Waals surface area contributed by atoms with Crippen molar-refractivity contribution < 1.29 is 23.9 Å². The Morgan fingerprint density at radius 3 is 2.50 bits per heavy atom. The lowest BCUT2D eigenvalue weighted by Gasteiger charge is -2.20. The topological polar surface area (TPSA) is 108 Å². The molecule has 1 rings (SSSR count). The minimum absolute atomic E-state index is 0.298. The number of amides is 3. The van der Waals surface area contributed by atoms with Crippen LogP contribution in [0.4, 0.5) is 4.79 Å². The fourth-order valence-electron chi connectivity index (χ4n) is 1.82. The molecule has 0 heterocycles. The Morgan fingerprint density at radius 2 is 1.95 bits per heavy atom. The summed E-state index contributed by atoms with van der Waals surface area (Å²) in [6, 6.07) is 5.70. The first-order chi connectivity index (χ1) is 10.3. The number of carbonyl (C=O) groups excluding carboxylic acids is 3. The Kier molecular flexibility index (Phi) is 6.52. The summed E-state index contributed by atoms with van der Waals surface area (Å²) >= 11 is 0. The predicted octanol–water partition coefficient (Wildman–Crippen LogP) is 1.21. The number of nitrogens with two attached hydrogens (primary N) is 1. The van der Waals surface area contributed by atoms with E-state index in [-0.39, 0.29) is 5.92 Å². The molecule has 0 fully saturated rings. The van der Waals surface area contributed by atoms with Gasteiger partial charge in [-0.05, 0) is 23.6 Å². The van der Waals surface area contributed by atoms with Gasteiger partial charge in [0.2, 0.25) is 0 Å². The van der Waals surface area contributed by atoms with Crippen LogP contribution in [0.2, 0.25) is 0 Å². The van der Waals surface area contributed by atoms with Crippen LogP contribution in [0.5, 0.6) is 0 Å². The quantitative estimate of drug-likeness (QED) is 0.768. The van der Waals surface area contributed by atoms with Gasteiger partial charge in [0, 0.05) is 7.11 Å². The van der Waals surface area contributed by atoms with E-state index >= 15 is 0 Å². The summed E-state index contributed by atoms with van der Waals surface area (Å²) in [6.45, 7) is 3.75. The van der Waals surface area contributed by atoms with Crippen LogP contribution >= 0.6 is 0 Å². The van der Waals surface area contributed by atoms with Crippen LogP contribution in [0, 0.1) is 5.92 Å². The van der Waals surface area contributed by atoms with Crippen LogP contribution in [-0.4, -0.2) is 31.1 Å². The maximum absolute atomic E-state index is 12.1. The number of rotatable bonds is 6. The van der Waals surface area contributed by atoms with Gasteiger partial charge in [0.05, 0.1) is 12.2 Å². The number of hydrogen-bond donors (Lipinski definition) is 2. The number of hydrogen-bond acceptors (Lipinski definition) is 5. The van der Waals surface area contributed by atoms with Gasteiger partial charge in [-0.15, -0.1) is 0 Å². The van der Waals surface area contributed by atoms with Crippen LogP contribution in [0.15, 0.2) is 24.3 Å². The Hall–Kier alpha value is -2.41. The monoisotopic (exact) mass is 308 g/mol. The second kappa shape index (κ2) is 8.14. The van der Waals surface area contributed by atoms with Crippen LogP contribution in [0.1, 0.15) is 29.8 Å². The number of nitrogens with one attached hydrogen (secondary N) is 1. The molecule has 0 aliphatic heterocycles. The highest BCUT2D eigenvalue weighted by Gasteiger charge is 2.27. The van der Waals surface area contributed by atoms with E-state index in [1.54, 1.807) is 45.2 Å². The number of benzene rings is 1. The van der Waals surface area contributed by atoms with E-state index < -0.39 is 24.0 Å². The molecule has 0 aliphatic carbocycles. The summed E-state index contributed by atoms with van der Waals surface area (Å²) in [6.07, 6.45) is -1.11. The third kappa shape index (κ3) is 5.17. The average molecular weight is 308 g/mol. The highest BCUT2D eigenvalue weighted by molar-refractivity contribution is 5.98. The molecule has 1 aromatic rings. The fourth-order valence-corrected chi connectivity index (χ4v) is 1.82. The van der Waals surface area contributed by atoms with E-state index in [0.717, 1.165) is 5.56 Å². The molecule has 3 amide bonds. The molecule has 1 atom stereocenters. The second-order valence-corrected chi connectivity index (χ2v) is 5.06. The van der Waals surface area contributed by atoms with Crippen molar-refractivity contribution in [1.82, 2.24) is 5.32 Å². The molecule has 7 nitrogen and oxygen atoms in total. The van der Waals surface area contributed by atoms with Crippen LogP contribution in [0.3, 0.4) is 0 Å². The Morgan fingerprint density at radius 1 is 1.27 bits per heavy atom. The lowest BCUT2D eigenvalue weighted by atomic mass is 10.1. The summed E-state index contributed by atoms with van der Waals surface area (Å²) in [4.78, 5) is 34.7. The fraction of sp³-hybridized carbons (Fsp3) is 0.400. The van der Waals surface area contributed by atoms with Gasteiger partial charge in [0.15, 0.2) is 6.10 Å². The summed E-state index contributed by atoms with van der Waals surface area (Å²) in [7, 11) is 1.55. The molecule has 0 aliphatic rings. The standard InChI is InChI=1S/C15H20N2O5/c1-9(2)12(13(18)17-15(16)20)22-14(19)11-6-4-5-10(7-11)8-21-3/h4-7,9,12H,8H2,1-3H3,(H3,16,17,18,20)/t12-/m0/s1. The van der Waals surface area contributed by atoms with Crippen molar-refractivity contribution in [3.8, 4) is 0 Å². The van der Waals surface area contributed by atoms with Crippen LogP contribution < -0.4 is 11.1 Å². The number of urea groups is 1. The van der Waals surface area contributed by atoms with Gasteiger partial charge in [-0.1, -0.05) is 26.0 Å². The molecule has 22 heavy (non-hydrogen) atoms. The van der Waals surface area contributed by atoms with Crippen molar-refractivity contribution in [1.29, 1.82) is 0 Å². The average Bonchev–Trinajstić information content (AvgIpc) is 2.44. The SMILES string of the molecule is COCc1cccc(C(=O)O[C@H](C(=O)NC(N)=O)C(C)C)c1. The molecule has 0 radical (unpaired) electrons. The maximum atomic E-state index is 12.1. The molecule has 0 bridgehead atoms. The highest BCUT2D eigenvalue weighted by atomic mass is 16.5. The number of esters is 1. The molecule has 0 aromatic heterocycles. The molecule has 0 spiro atoms. The molecule has 0 unspecified atom stereocenters. The minimum Gasteiger partial charge on any atom is -0.448 e. The van der Waals surface area contributed by atoms with E-state index in [2.05, 4.69) is 0 Å². The Labute approximate surface area is 128 Å². The number of imide groups is 1. The van der Waals surface area contributed by atoms with Crippen molar-refractivity contribution in [3.63, 3.8) is 0 Å². The van der Waals surface area contributed by atoms with E-state index in [1.165, 1.54) is 0 Å². The molecule has 0 saturated heterocycles. The first kappa shape index (κ1) is 17.6. The molecule has 7 heteroatoms. The van der Waals surface area contributed by atoms with E-state index in [1.807, 2.05) is 5.32 Å². The lowest BCUT2D eigenvalue weighted by molar-refractivity contribution is -0.130. The third-order valence-electron chi connectivity index (χ3n) is 2.82. The highest BCUT2D eigenvalue weighted by Crippen LogP contribution is 2.13. The second-order valence-electron chi connectivity index (χ2n) is 5.06. The van der Waals surface area contributed by atoms with Crippen molar-refractivity contribution in [2.75, 3.05) is 7.11 Å². The zero-order valence-electron chi connectivity index (χ0n) is 12.8. The predicted molar refractivity (Wildman–Crippen MR) is 78.9 cm³/mol. The van der Waals surface area contributed by atoms with Gasteiger partial charge in [0.1, 0.15) is 0 Å². The number of methoxy groups -OCH3 is 1. The van der Waals surface area contributed by atoms with Gasteiger partial charge < -0.3 is 15.2 Å². The Bertz CT molecular complexity index is 557. The van der Waals surface area contributed by atoms with E-state index in [9.17, 15) is 14.4 Å². The van der Waals surface area contributed by atoms with Gasteiger partial charge in [-0.2, -0.15) is 0 Å². The smallest absolute Gasteiger partial charge is 0.338 e. The van der Waals surface area contributed by atoms with Crippen molar-refractivity contribution in [2.45, 2.75) is 26.6 Å². The summed E-state index contributed by atoms with van der Waals surface area (Å²) in [5.41, 5.74) is 6.00. The summed E-state index contributed by atoms with van der Waals surface area (Å²) < 4.78 is 10.2. The molecule has 3 N–H and O–H groups in total. The molecular formula is C15H20N2O5. The number of carbonyl (C=O) groups is 3. The zero-order valence-corrected chi connectivity index (χ0v) is 12.8. The maximum Gasteiger partial charge on any atom is 0.338 e. The van der Waals surface area contributed by atoms with Gasteiger partial charge >= 0.3 is 12.0 Å². The summed E-state index contributed by atoms with van der Waals surface area (Å²) in [5, 5.41) is 1.92. The number of ether oxygens (including phenoxy) is 2. The Balaban J connectivity index is 2.85. The first-order valence-corrected chi connectivity index (χ1v) is 6.74. The normalized spacial score (nSPS) is 11.8. The summed E-state index contributed by atoms with van der Waals surface area (Å²) in [5.74, 6) is -1.72. The van der Waals surface area contributed by atoms with Crippen molar-refractivity contribution >= 4 is 17.9 Å². The van der Waals surface area contributed by atoms with Crippen LogP contribution in [-0.2, 0) is 20.9 Å². The van der Waals surface area contributed by atoms with Gasteiger partial charge in [-0.3, -0.25) is 10.1 Å². The molecular weight excluding hydrogens is 288 g/mol. The van der Waals surface area contributed by atoms with E-state index in [0.29, 0.717) is 12.2 Å². The largest absolute Gasteiger partial charge is 0.448 e. The minimum atomic E-state index is -1.11. The van der Waals surface area contributed by atoms with Gasteiger partial charge in [-0.25, -0.2) is 9.59 Å². The third-order valence-corrected chi connectivity index (χ3v) is 2.82. The van der Waals surface area contributed by atoms with Crippen molar-refractivity contribution in [2.24, 2.45) is 11.7 Å². The molecule has 0 saturated carbocycles. The molecule has 1 aromatic carbocycles. The zero-order chi connectivity index (χ0) is 16.7. The first-order valence-electron chi connectivity index (χ1n) is 6.74. The van der Waals surface area contributed by atoms with Crippen LogP contribution in [0.25, 0.3) is 0 Å². The van der Waals surface area contributed by atoms with E-state index in [4.69, 9.17) is 15.2 Å². The number of primary amides is 1.